The number of rotatable bonds is 16. The SMILES string of the molecule is O=S(=O)(O)c1cccc2c(S(=O)(=O)O)cccc12.O=c1c2ccccc2c(Cc2ccc(Cl)cc2)nn1C[C@H]1CCCN1CCCCc1ccc(OCCCN2CCCCCC2)cc1. The van der Waals surface area contributed by atoms with Crippen LogP contribution in [0.1, 0.15) is 74.6 Å². The molecule has 5 aromatic carbocycles. The minimum absolute atomic E-state index is 0.00661. The van der Waals surface area contributed by atoms with E-state index in [9.17, 15) is 21.6 Å². The lowest BCUT2D eigenvalue weighted by atomic mass is 10.0. The molecular formula is C49H57ClN4O8S2. The van der Waals surface area contributed by atoms with Crippen LogP contribution in [0.15, 0.2) is 124 Å². The van der Waals surface area contributed by atoms with Gasteiger partial charge in [0.1, 0.15) is 15.5 Å². The highest BCUT2D eigenvalue weighted by molar-refractivity contribution is 7.86. The predicted octanol–water partition coefficient (Wildman–Crippen LogP) is 9.11. The summed E-state index contributed by atoms with van der Waals surface area (Å²) in [6, 6.07) is 32.3. The Morgan fingerprint density at radius 3 is 1.89 bits per heavy atom. The number of hydrogen-bond donors (Lipinski definition) is 2. The highest BCUT2D eigenvalue weighted by Crippen LogP contribution is 2.28. The summed E-state index contributed by atoms with van der Waals surface area (Å²) in [5.74, 6) is 0.980. The molecule has 0 aliphatic carbocycles. The number of aryl methyl sites for hydroxylation is 1. The van der Waals surface area contributed by atoms with Gasteiger partial charge in [0, 0.05) is 40.2 Å². The van der Waals surface area contributed by atoms with E-state index >= 15 is 0 Å². The molecule has 1 atom stereocenters. The molecule has 2 saturated heterocycles. The standard InChI is InChI=1S/C39H49ClN4O2.C10H8O6S2/c40-33-19-15-32(16-20-33)29-38-36-13-3-4-14-37(36)39(45)44(41-38)30-34-12-9-27-43(34)26-8-5-11-31-17-21-35(22-18-31)46-28-10-25-42-23-6-1-2-7-24-42;11-17(12,13)9-5-1-3-7-8(9)4-2-6-10(7)18(14,15)16/h3-4,13-22,34H,1-2,5-12,23-30H2;1-6H,(H,11,12,13)(H,14,15,16)/t34-;/m1./s1. The van der Waals surface area contributed by atoms with Gasteiger partial charge in [-0.2, -0.15) is 21.9 Å². The van der Waals surface area contributed by atoms with Gasteiger partial charge in [-0.15, -0.1) is 0 Å². The number of ether oxygens (including phenoxy) is 1. The number of likely N-dealkylation sites (tertiary alicyclic amines) is 2. The van der Waals surface area contributed by atoms with Crippen LogP contribution in [-0.4, -0.2) is 90.9 Å². The Labute approximate surface area is 381 Å². The molecule has 8 rings (SSSR count). The second-order valence-electron chi connectivity index (χ2n) is 16.7. The van der Waals surface area contributed by atoms with Gasteiger partial charge in [0.25, 0.3) is 25.8 Å². The molecule has 2 aliphatic rings. The lowest BCUT2D eigenvalue weighted by molar-refractivity contribution is 0.221. The Hall–Kier alpha value is -4.67. The highest BCUT2D eigenvalue weighted by atomic mass is 35.5. The molecule has 0 bridgehead atoms. The normalized spacial score (nSPS) is 16.4. The van der Waals surface area contributed by atoms with Gasteiger partial charge in [0.05, 0.1) is 24.2 Å². The zero-order valence-corrected chi connectivity index (χ0v) is 38.4. The van der Waals surface area contributed by atoms with E-state index in [1.165, 1.54) is 75.0 Å². The van der Waals surface area contributed by atoms with E-state index in [2.05, 4.69) is 34.1 Å². The molecule has 2 N–H and O–H groups in total. The molecule has 1 aromatic heterocycles. The molecule has 6 aromatic rings. The van der Waals surface area contributed by atoms with Crippen molar-refractivity contribution in [3.8, 4) is 5.75 Å². The van der Waals surface area contributed by atoms with Crippen molar-refractivity contribution in [1.29, 1.82) is 0 Å². The maximum atomic E-state index is 13.5. The fourth-order valence-corrected chi connectivity index (χ4v) is 10.4. The fraction of sp³-hybridized carbons (Fsp3) is 0.388. The monoisotopic (exact) mass is 928 g/mol. The first-order valence-corrected chi connectivity index (χ1v) is 25.5. The fourth-order valence-electron chi connectivity index (χ4n) is 8.89. The van der Waals surface area contributed by atoms with E-state index in [-0.39, 0.29) is 16.3 Å². The molecule has 0 amide bonds. The minimum Gasteiger partial charge on any atom is -0.494 e. The van der Waals surface area contributed by atoms with Crippen molar-refractivity contribution < 1.29 is 30.7 Å². The molecule has 12 nitrogen and oxygen atoms in total. The van der Waals surface area contributed by atoms with E-state index in [0.717, 1.165) is 103 Å². The molecular weight excluding hydrogens is 872 g/mol. The first-order chi connectivity index (χ1) is 30.8. The van der Waals surface area contributed by atoms with Gasteiger partial charge in [-0.05, 0) is 131 Å². The molecule has 0 radical (unpaired) electrons. The molecule has 2 aliphatic heterocycles. The Kier molecular flexibility index (Phi) is 16.3. The lowest BCUT2D eigenvalue weighted by Gasteiger charge is -2.25. The second-order valence-corrected chi connectivity index (χ2v) is 19.9. The average Bonchev–Trinajstić information content (AvgIpc) is 3.55. The summed E-state index contributed by atoms with van der Waals surface area (Å²) in [5, 5.41) is 7.39. The van der Waals surface area contributed by atoms with E-state index in [0.29, 0.717) is 19.0 Å². The Bertz CT molecular complexity index is 2710. The largest absolute Gasteiger partial charge is 0.494 e. The van der Waals surface area contributed by atoms with Crippen LogP contribution in [0, 0.1) is 0 Å². The third-order valence-electron chi connectivity index (χ3n) is 12.2. The zero-order valence-electron chi connectivity index (χ0n) is 36.0. The molecule has 3 heterocycles. The number of nitrogens with zero attached hydrogens (tertiary/aromatic N) is 4. The van der Waals surface area contributed by atoms with E-state index in [1.807, 2.05) is 48.5 Å². The van der Waals surface area contributed by atoms with Crippen LogP contribution in [0.3, 0.4) is 0 Å². The van der Waals surface area contributed by atoms with Crippen LogP contribution in [0.2, 0.25) is 5.02 Å². The molecule has 340 valence electrons. The third kappa shape index (κ3) is 12.8. The summed E-state index contributed by atoms with van der Waals surface area (Å²) in [5.41, 5.74) is 3.45. The molecule has 64 heavy (non-hydrogen) atoms. The van der Waals surface area contributed by atoms with Crippen molar-refractivity contribution in [2.75, 3.05) is 39.3 Å². The summed E-state index contributed by atoms with van der Waals surface area (Å²) in [7, 11) is -8.94. The van der Waals surface area contributed by atoms with Crippen LogP contribution >= 0.6 is 11.6 Å². The summed E-state index contributed by atoms with van der Waals surface area (Å²) in [4.78, 5) is 17.9. The van der Waals surface area contributed by atoms with Crippen LogP contribution in [-0.2, 0) is 39.6 Å². The van der Waals surface area contributed by atoms with E-state index < -0.39 is 30.0 Å². The van der Waals surface area contributed by atoms with Crippen molar-refractivity contribution in [2.24, 2.45) is 0 Å². The second kappa shape index (κ2) is 22.0. The van der Waals surface area contributed by atoms with Gasteiger partial charge in [-0.1, -0.05) is 91.2 Å². The van der Waals surface area contributed by atoms with Gasteiger partial charge in [0.2, 0.25) is 0 Å². The first-order valence-electron chi connectivity index (χ1n) is 22.2. The van der Waals surface area contributed by atoms with Crippen molar-refractivity contribution >= 4 is 53.4 Å². The summed E-state index contributed by atoms with van der Waals surface area (Å²) in [6.45, 7) is 7.23. The maximum Gasteiger partial charge on any atom is 0.295 e. The molecule has 0 unspecified atom stereocenters. The molecule has 0 saturated carbocycles. The van der Waals surface area contributed by atoms with Crippen LogP contribution in [0.5, 0.6) is 5.75 Å². The Morgan fingerprint density at radius 1 is 0.641 bits per heavy atom. The van der Waals surface area contributed by atoms with Crippen LogP contribution in [0.25, 0.3) is 21.5 Å². The van der Waals surface area contributed by atoms with Crippen molar-refractivity contribution in [1.82, 2.24) is 19.6 Å². The first kappa shape index (κ1) is 47.3. The van der Waals surface area contributed by atoms with E-state index in [1.54, 1.807) is 4.68 Å². The zero-order chi connectivity index (χ0) is 45.1. The quantitative estimate of drug-likeness (QED) is 0.0704. The third-order valence-corrected chi connectivity index (χ3v) is 14.3. The number of hydrogen-bond acceptors (Lipinski definition) is 9. The number of fused-ring (bicyclic) bond motifs is 2. The predicted molar refractivity (Wildman–Crippen MR) is 253 cm³/mol. The minimum atomic E-state index is -4.47. The summed E-state index contributed by atoms with van der Waals surface area (Å²) >= 11 is 6.12. The molecule has 0 spiro atoms. The Balaban J connectivity index is 0.000000284. The highest BCUT2D eigenvalue weighted by Gasteiger charge is 2.26. The molecule has 15 heteroatoms. The number of unbranched alkanes of at least 4 members (excludes halogenated alkanes) is 1. The number of aromatic nitrogens is 2. The number of benzene rings is 5. The summed E-state index contributed by atoms with van der Waals surface area (Å²) in [6.07, 6.45) is 12.9. The summed E-state index contributed by atoms with van der Waals surface area (Å²) < 4.78 is 70.5. The van der Waals surface area contributed by atoms with Crippen molar-refractivity contribution in [3.05, 3.63) is 141 Å². The van der Waals surface area contributed by atoms with Gasteiger partial charge in [0.15, 0.2) is 0 Å². The van der Waals surface area contributed by atoms with Crippen LogP contribution in [0.4, 0.5) is 0 Å². The van der Waals surface area contributed by atoms with Gasteiger partial charge < -0.3 is 9.64 Å². The van der Waals surface area contributed by atoms with Gasteiger partial charge in [-0.3, -0.25) is 18.8 Å². The van der Waals surface area contributed by atoms with Crippen LogP contribution < -0.4 is 10.3 Å². The van der Waals surface area contributed by atoms with Gasteiger partial charge >= 0.3 is 0 Å². The maximum absolute atomic E-state index is 13.5. The van der Waals surface area contributed by atoms with Crippen molar-refractivity contribution in [2.45, 2.75) is 93.0 Å². The van der Waals surface area contributed by atoms with Crippen molar-refractivity contribution in [3.63, 3.8) is 0 Å². The smallest absolute Gasteiger partial charge is 0.295 e. The lowest BCUT2D eigenvalue weighted by Crippen LogP contribution is -2.38. The Morgan fingerprint density at radius 2 is 1.25 bits per heavy atom. The molecule has 2 fully saturated rings. The average molecular weight is 930 g/mol. The van der Waals surface area contributed by atoms with Gasteiger partial charge in [-0.25, -0.2) is 4.68 Å². The topological polar surface area (TPSA) is 159 Å². The number of halogens is 1. The van der Waals surface area contributed by atoms with E-state index in [4.69, 9.17) is 30.5 Å².